The van der Waals surface area contributed by atoms with Crippen molar-refractivity contribution in [1.82, 2.24) is 20.3 Å². The summed E-state index contributed by atoms with van der Waals surface area (Å²) in [5, 5.41) is 3.69. The quantitative estimate of drug-likeness (QED) is 0.406. The molecular weight excluding hydrogens is 431 g/mol. The van der Waals surface area contributed by atoms with Gasteiger partial charge in [0.15, 0.2) is 5.82 Å². The third-order valence-corrected chi connectivity index (χ3v) is 5.95. The van der Waals surface area contributed by atoms with Crippen LogP contribution >= 0.6 is 35.0 Å². The van der Waals surface area contributed by atoms with Crippen LogP contribution in [0.1, 0.15) is 5.56 Å². The molecule has 142 valence electrons. The van der Waals surface area contributed by atoms with Gasteiger partial charge >= 0.3 is 0 Å². The molecule has 0 radical (unpaired) electrons. The van der Waals surface area contributed by atoms with Crippen molar-refractivity contribution in [3.63, 3.8) is 0 Å². The number of H-pyrrole nitrogens is 1. The number of halogens is 2. The fourth-order valence-corrected chi connectivity index (χ4v) is 4.07. The van der Waals surface area contributed by atoms with Crippen LogP contribution in [0.3, 0.4) is 0 Å². The van der Waals surface area contributed by atoms with Crippen molar-refractivity contribution < 1.29 is 9.59 Å². The number of nitrogens with zero attached hydrogens (tertiary/aromatic N) is 2. The summed E-state index contributed by atoms with van der Waals surface area (Å²) >= 11 is 13.0. The number of amides is 2. The van der Waals surface area contributed by atoms with E-state index in [1.807, 2.05) is 30.3 Å². The molecule has 0 atom stereocenters. The summed E-state index contributed by atoms with van der Waals surface area (Å²) in [7, 11) is 0. The van der Waals surface area contributed by atoms with Crippen molar-refractivity contribution in [3.8, 4) is 11.5 Å². The number of aromatic amines is 1. The molecule has 0 unspecified atom stereocenters. The SMILES string of the molecule is O=C1NC(=O)/C(=C\c2ccc3nc(-c4nc5cc(Cl)c(Cl)cc5[nH]4)ccc3c2)S1. The maximum Gasteiger partial charge on any atom is 0.290 e. The van der Waals surface area contributed by atoms with Crippen LogP contribution in [0, 0.1) is 0 Å². The average molecular weight is 441 g/mol. The molecular formula is C20H10Cl2N4O2S. The molecule has 1 saturated heterocycles. The molecule has 1 aliphatic heterocycles. The Balaban J connectivity index is 1.52. The Morgan fingerprint density at radius 2 is 1.76 bits per heavy atom. The number of aromatic nitrogens is 3. The highest BCUT2D eigenvalue weighted by Gasteiger charge is 2.24. The van der Waals surface area contributed by atoms with Gasteiger partial charge in [-0.3, -0.25) is 14.9 Å². The van der Waals surface area contributed by atoms with Crippen molar-refractivity contribution in [1.29, 1.82) is 0 Å². The van der Waals surface area contributed by atoms with Gasteiger partial charge in [-0.2, -0.15) is 0 Å². The first-order chi connectivity index (χ1) is 14.0. The lowest BCUT2D eigenvalue weighted by atomic mass is 10.1. The molecule has 1 aliphatic rings. The van der Waals surface area contributed by atoms with E-state index in [0.717, 1.165) is 33.7 Å². The Morgan fingerprint density at radius 3 is 2.55 bits per heavy atom. The summed E-state index contributed by atoms with van der Waals surface area (Å²) in [5.74, 6) is 0.239. The number of carbonyl (C=O) groups excluding carboxylic acids is 2. The average Bonchev–Trinajstić information content (AvgIpc) is 3.24. The van der Waals surface area contributed by atoms with Gasteiger partial charge in [-0.1, -0.05) is 35.3 Å². The highest BCUT2D eigenvalue weighted by Crippen LogP contribution is 2.30. The van der Waals surface area contributed by atoms with Crippen LogP contribution in [0.4, 0.5) is 4.79 Å². The molecule has 5 rings (SSSR count). The first-order valence-electron chi connectivity index (χ1n) is 8.47. The van der Waals surface area contributed by atoms with Crippen molar-refractivity contribution >= 4 is 74.1 Å². The second-order valence-electron chi connectivity index (χ2n) is 6.37. The fourth-order valence-electron chi connectivity index (χ4n) is 3.06. The molecule has 2 amide bonds. The standard InChI is InChI=1S/C20H10Cl2N4O2S/c21-11-7-15-16(8-12(11)22)25-18(24-15)14-4-2-10-5-9(1-3-13(10)23-14)6-17-19(27)26-20(28)29-17/h1-8H,(H,24,25)(H,26,27,28)/b17-6+. The topological polar surface area (TPSA) is 87.7 Å². The zero-order valence-electron chi connectivity index (χ0n) is 14.5. The monoisotopic (exact) mass is 440 g/mol. The van der Waals surface area contributed by atoms with E-state index in [-0.39, 0.29) is 11.1 Å². The maximum absolute atomic E-state index is 11.7. The molecule has 0 bridgehead atoms. The van der Waals surface area contributed by atoms with Crippen molar-refractivity contribution in [2.45, 2.75) is 0 Å². The zero-order chi connectivity index (χ0) is 20.1. The smallest absolute Gasteiger partial charge is 0.290 e. The molecule has 1 fully saturated rings. The summed E-state index contributed by atoms with van der Waals surface area (Å²) in [6.07, 6.45) is 1.69. The van der Waals surface area contributed by atoms with E-state index in [4.69, 9.17) is 23.2 Å². The Kier molecular flexibility index (Phi) is 4.31. The summed E-state index contributed by atoms with van der Waals surface area (Å²) < 4.78 is 0. The van der Waals surface area contributed by atoms with E-state index in [9.17, 15) is 9.59 Å². The number of nitrogens with one attached hydrogen (secondary N) is 2. The number of hydrogen-bond donors (Lipinski definition) is 2. The van der Waals surface area contributed by atoms with Gasteiger partial charge in [0.2, 0.25) is 0 Å². The lowest BCUT2D eigenvalue weighted by molar-refractivity contribution is -0.115. The Bertz CT molecular complexity index is 1340. The first kappa shape index (κ1) is 18.2. The van der Waals surface area contributed by atoms with Crippen LogP contribution in [0.2, 0.25) is 10.0 Å². The number of carbonyl (C=O) groups is 2. The molecule has 0 aliphatic carbocycles. The number of pyridine rings is 1. The number of imide groups is 1. The van der Waals surface area contributed by atoms with E-state index < -0.39 is 0 Å². The van der Waals surface area contributed by atoms with Gasteiger partial charge < -0.3 is 4.98 Å². The summed E-state index contributed by atoms with van der Waals surface area (Å²) in [6, 6.07) is 12.9. The number of fused-ring (bicyclic) bond motifs is 2. The Morgan fingerprint density at radius 1 is 0.931 bits per heavy atom. The maximum atomic E-state index is 11.7. The van der Waals surface area contributed by atoms with Crippen molar-refractivity contribution in [2.24, 2.45) is 0 Å². The molecule has 2 aromatic heterocycles. The highest BCUT2D eigenvalue weighted by atomic mass is 35.5. The molecule has 0 saturated carbocycles. The molecule has 4 aromatic rings. The minimum absolute atomic E-state index is 0.359. The van der Waals surface area contributed by atoms with Gasteiger partial charge in [-0.15, -0.1) is 0 Å². The second-order valence-corrected chi connectivity index (χ2v) is 8.20. The van der Waals surface area contributed by atoms with Crippen LogP contribution in [-0.4, -0.2) is 26.1 Å². The normalized spacial score (nSPS) is 15.6. The number of rotatable bonds is 2. The molecule has 6 nitrogen and oxygen atoms in total. The Labute approximate surface area is 178 Å². The van der Waals surface area contributed by atoms with E-state index in [1.165, 1.54) is 0 Å². The predicted molar refractivity (Wildman–Crippen MR) is 116 cm³/mol. The third kappa shape index (κ3) is 3.37. The van der Waals surface area contributed by atoms with Gasteiger partial charge in [-0.25, -0.2) is 9.97 Å². The van der Waals surface area contributed by atoms with Crippen LogP contribution < -0.4 is 5.32 Å². The minimum atomic E-state index is -0.376. The molecule has 29 heavy (non-hydrogen) atoms. The van der Waals surface area contributed by atoms with Gasteiger partial charge in [0.05, 0.1) is 31.5 Å². The van der Waals surface area contributed by atoms with Crippen molar-refractivity contribution in [2.75, 3.05) is 0 Å². The van der Waals surface area contributed by atoms with Crippen LogP contribution in [-0.2, 0) is 4.79 Å². The van der Waals surface area contributed by atoms with Crippen LogP contribution in [0.5, 0.6) is 0 Å². The third-order valence-electron chi connectivity index (χ3n) is 4.42. The lowest BCUT2D eigenvalue weighted by Gasteiger charge is -2.02. The van der Waals surface area contributed by atoms with Gasteiger partial charge in [0.25, 0.3) is 11.1 Å². The second kappa shape index (κ2) is 6.88. The molecule has 2 N–H and O–H groups in total. The minimum Gasteiger partial charge on any atom is -0.337 e. The first-order valence-corrected chi connectivity index (χ1v) is 10.0. The lowest BCUT2D eigenvalue weighted by Crippen LogP contribution is -2.17. The van der Waals surface area contributed by atoms with E-state index in [1.54, 1.807) is 18.2 Å². The van der Waals surface area contributed by atoms with Crippen molar-refractivity contribution in [3.05, 3.63) is 63.0 Å². The molecule has 2 aromatic carbocycles. The molecule has 0 spiro atoms. The van der Waals surface area contributed by atoms with Gasteiger partial charge in [-0.05, 0) is 53.7 Å². The summed E-state index contributed by atoms with van der Waals surface area (Å²) in [6.45, 7) is 0. The molecule has 3 heterocycles. The number of hydrogen-bond acceptors (Lipinski definition) is 5. The highest BCUT2D eigenvalue weighted by molar-refractivity contribution is 8.18. The van der Waals surface area contributed by atoms with E-state index in [2.05, 4.69) is 20.3 Å². The van der Waals surface area contributed by atoms with E-state index in [0.29, 0.717) is 32.0 Å². The zero-order valence-corrected chi connectivity index (χ0v) is 16.8. The molecule has 9 heteroatoms. The largest absolute Gasteiger partial charge is 0.337 e. The number of thioether (sulfide) groups is 1. The number of imidazole rings is 1. The summed E-state index contributed by atoms with van der Waals surface area (Å²) in [5.41, 5.74) is 3.76. The van der Waals surface area contributed by atoms with Gasteiger partial charge in [0, 0.05) is 5.39 Å². The van der Waals surface area contributed by atoms with Gasteiger partial charge in [0.1, 0.15) is 5.69 Å². The predicted octanol–water partition coefficient (Wildman–Crippen LogP) is 5.41. The number of benzene rings is 2. The van der Waals surface area contributed by atoms with Crippen LogP contribution in [0.25, 0.3) is 39.5 Å². The fraction of sp³-hybridized carbons (Fsp3) is 0. The Hall–Kier alpha value is -2.87. The van der Waals surface area contributed by atoms with Crippen LogP contribution in [0.15, 0.2) is 47.4 Å². The van der Waals surface area contributed by atoms with E-state index >= 15 is 0 Å². The summed E-state index contributed by atoms with van der Waals surface area (Å²) in [4.78, 5) is 35.8.